The standard InChI is InChI=1S/C10H18N2OS/c1-9(2)8-13-7-3-5-12-6-4-11-10(12)14/h4,6,9H,3,5,7-8H2,1-2H3,(H,11,14). The molecule has 3 nitrogen and oxygen atoms in total. The van der Waals surface area contributed by atoms with Crippen LogP contribution in [0, 0.1) is 10.7 Å². The molecule has 14 heavy (non-hydrogen) atoms. The minimum Gasteiger partial charge on any atom is -0.381 e. The average Bonchev–Trinajstić information content (AvgIpc) is 2.51. The molecular formula is C10H18N2OS. The molecule has 0 amide bonds. The molecule has 4 heteroatoms. The summed E-state index contributed by atoms with van der Waals surface area (Å²) in [7, 11) is 0. The van der Waals surface area contributed by atoms with E-state index in [0.717, 1.165) is 31.0 Å². The van der Waals surface area contributed by atoms with Crippen LogP contribution >= 0.6 is 12.2 Å². The predicted octanol–water partition coefficient (Wildman–Crippen LogP) is 2.61. The number of aromatic nitrogens is 2. The summed E-state index contributed by atoms with van der Waals surface area (Å²) in [6.45, 7) is 6.90. The molecule has 0 saturated carbocycles. The third kappa shape index (κ3) is 4.07. The van der Waals surface area contributed by atoms with Gasteiger partial charge in [0, 0.05) is 32.2 Å². The maximum atomic E-state index is 5.48. The molecule has 1 aromatic rings. The van der Waals surface area contributed by atoms with Gasteiger partial charge in [-0.25, -0.2) is 0 Å². The van der Waals surface area contributed by atoms with Crippen LogP contribution in [0.15, 0.2) is 12.4 Å². The molecule has 80 valence electrons. The van der Waals surface area contributed by atoms with E-state index in [1.54, 1.807) is 0 Å². The smallest absolute Gasteiger partial charge is 0.177 e. The van der Waals surface area contributed by atoms with Crippen molar-refractivity contribution in [2.75, 3.05) is 13.2 Å². The van der Waals surface area contributed by atoms with Crippen LogP contribution in [0.3, 0.4) is 0 Å². The zero-order valence-electron chi connectivity index (χ0n) is 8.82. The second-order valence-corrected chi connectivity index (χ2v) is 4.17. The van der Waals surface area contributed by atoms with Crippen molar-refractivity contribution in [1.29, 1.82) is 0 Å². The van der Waals surface area contributed by atoms with Gasteiger partial charge in [-0.3, -0.25) is 0 Å². The van der Waals surface area contributed by atoms with Crippen molar-refractivity contribution in [1.82, 2.24) is 9.55 Å². The third-order valence-electron chi connectivity index (χ3n) is 1.86. The first-order valence-corrected chi connectivity index (χ1v) is 5.42. The molecule has 0 spiro atoms. The maximum absolute atomic E-state index is 5.48. The van der Waals surface area contributed by atoms with Crippen molar-refractivity contribution in [3.63, 3.8) is 0 Å². The lowest BCUT2D eigenvalue weighted by Crippen LogP contribution is -2.06. The van der Waals surface area contributed by atoms with E-state index in [-0.39, 0.29) is 0 Å². The molecule has 0 saturated heterocycles. The number of aryl methyl sites for hydroxylation is 1. The Hall–Kier alpha value is -0.610. The molecule has 0 fully saturated rings. The third-order valence-corrected chi connectivity index (χ3v) is 2.21. The lowest BCUT2D eigenvalue weighted by Gasteiger charge is -2.06. The molecule has 1 heterocycles. The van der Waals surface area contributed by atoms with E-state index < -0.39 is 0 Å². The molecule has 1 rings (SSSR count). The highest BCUT2D eigenvalue weighted by Crippen LogP contribution is 1.96. The van der Waals surface area contributed by atoms with Gasteiger partial charge in [0.1, 0.15) is 0 Å². The van der Waals surface area contributed by atoms with E-state index in [2.05, 4.69) is 18.8 Å². The number of ether oxygens (including phenoxy) is 1. The van der Waals surface area contributed by atoms with E-state index in [0.29, 0.717) is 5.92 Å². The van der Waals surface area contributed by atoms with Crippen molar-refractivity contribution >= 4 is 12.2 Å². The Labute approximate surface area is 90.1 Å². The zero-order chi connectivity index (χ0) is 10.4. The number of aromatic amines is 1. The number of hydrogen-bond acceptors (Lipinski definition) is 2. The molecule has 0 aliphatic heterocycles. The lowest BCUT2D eigenvalue weighted by molar-refractivity contribution is 0.105. The largest absolute Gasteiger partial charge is 0.381 e. The van der Waals surface area contributed by atoms with Gasteiger partial charge in [0.15, 0.2) is 4.77 Å². The number of hydrogen-bond donors (Lipinski definition) is 1. The fraction of sp³-hybridized carbons (Fsp3) is 0.700. The summed E-state index contributed by atoms with van der Waals surface area (Å²) in [4.78, 5) is 2.96. The van der Waals surface area contributed by atoms with Crippen LogP contribution in [0.1, 0.15) is 20.3 Å². The van der Waals surface area contributed by atoms with Crippen molar-refractivity contribution in [2.45, 2.75) is 26.8 Å². The molecular weight excluding hydrogens is 196 g/mol. The topological polar surface area (TPSA) is 29.9 Å². The normalized spacial score (nSPS) is 11.1. The molecule has 1 N–H and O–H groups in total. The summed E-state index contributed by atoms with van der Waals surface area (Å²) < 4.78 is 8.28. The Balaban J connectivity index is 2.11. The zero-order valence-corrected chi connectivity index (χ0v) is 9.64. The van der Waals surface area contributed by atoms with Gasteiger partial charge in [0.2, 0.25) is 0 Å². The predicted molar refractivity (Wildman–Crippen MR) is 59.9 cm³/mol. The molecule has 0 aliphatic rings. The summed E-state index contributed by atoms with van der Waals surface area (Å²) in [5, 5.41) is 0. The second-order valence-electron chi connectivity index (χ2n) is 3.78. The van der Waals surface area contributed by atoms with E-state index in [9.17, 15) is 0 Å². The number of imidazole rings is 1. The first kappa shape index (κ1) is 11.5. The van der Waals surface area contributed by atoms with Crippen LogP contribution in [0.5, 0.6) is 0 Å². The Morgan fingerprint density at radius 3 is 2.93 bits per heavy atom. The number of nitrogens with zero attached hydrogens (tertiary/aromatic N) is 1. The average molecular weight is 214 g/mol. The maximum Gasteiger partial charge on any atom is 0.177 e. The van der Waals surface area contributed by atoms with Crippen LogP contribution in [0.2, 0.25) is 0 Å². The van der Waals surface area contributed by atoms with Gasteiger partial charge in [0.05, 0.1) is 0 Å². The first-order chi connectivity index (χ1) is 6.70. The number of H-pyrrole nitrogens is 1. The van der Waals surface area contributed by atoms with E-state index in [4.69, 9.17) is 17.0 Å². The molecule has 0 unspecified atom stereocenters. The summed E-state index contributed by atoms with van der Waals surface area (Å²) in [5.74, 6) is 0.615. The number of nitrogens with one attached hydrogen (secondary N) is 1. The van der Waals surface area contributed by atoms with Crippen molar-refractivity contribution < 1.29 is 4.74 Å². The fourth-order valence-electron chi connectivity index (χ4n) is 1.18. The molecule has 0 atom stereocenters. The van der Waals surface area contributed by atoms with Crippen molar-refractivity contribution in [2.24, 2.45) is 5.92 Å². The molecule has 0 bridgehead atoms. The second kappa shape index (κ2) is 5.98. The Bertz CT molecular complexity index is 303. The Morgan fingerprint density at radius 2 is 2.36 bits per heavy atom. The van der Waals surface area contributed by atoms with E-state index in [1.807, 2.05) is 17.0 Å². The van der Waals surface area contributed by atoms with Crippen molar-refractivity contribution in [3.05, 3.63) is 17.2 Å². The first-order valence-electron chi connectivity index (χ1n) is 5.01. The van der Waals surface area contributed by atoms with Crippen LogP contribution in [0.25, 0.3) is 0 Å². The highest BCUT2D eigenvalue weighted by Gasteiger charge is 1.95. The molecule has 0 radical (unpaired) electrons. The number of rotatable bonds is 6. The molecule has 0 aliphatic carbocycles. The minimum absolute atomic E-state index is 0.615. The van der Waals surface area contributed by atoms with Gasteiger partial charge < -0.3 is 14.3 Å². The minimum atomic E-state index is 0.615. The van der Waals surface area contributed by atoms with Gasteiger partial charge in [-0.1, -0.05) is 13.8 Å². The Kier molecular flexibility index (Phi) is 4.90. The van der Waals surface area contributed by atoms with Crippen LogP contribution < -0.4 is 0 Å². The summed E-state index contributed by atoms with van der Waals surface area (Å²) in [6.07, 6.45) is 4.83. The quantitative estimate of drug-likeness (QED) is 0.583. The van der Waals surface area contributed by atoms with Gasteiger partial charge in [-0.05, 0) is 24.6 Å². The molecule has 0 aromatic carbocycles. The van der Waals surface area contributed by atoms with Crippen molar-refractivity contribution in [3.8, 4) is 0 Å². The highest BCUT2D eigenvalue weighted by atomic mass is 32.1. The monoisotopic (exact) mass is 214 g/mol. The Morgan fingerprint density at radius 1 is 1.57 bits per heavy atom. The van der Waals surface area contributed by atoms with Gasteiger partial charge >= 0.3 is 0 Å². The SMILES string of the molecule is CC(C)COCCCn1cc[nH]c1=S. The van der Waals surface area contributed by atoms with Gasteiger partial charge in [-0.2, -0.15) is 0 Å². The lowest BCUT2D eigenvalue weighted by atomic mass is 10.2. The highest BCUT2D eigenvalue weighted by molar-refractivity contribution is 7.71. The van der Waals surface area contributed by atoms with Crippen LogP contribution in [-0.2, 0) is 11.3 Å². The summed E-state index contributed by atoms with van der Waals surface area (Å²) >= 11 is 5.07. The van der Waals surface area contributed by atoms with Gasteiger partial charge in [-0.15, -0.1) is 0 Å². The summed E-state index contributed by atoms with van der Waals surface area (Å²) in [6, 6.07) is 0. The molecule has 1 aromatic heterocycles. The van der Waals surface area contributed by atoms with Gasteiger partial charge in [0.25, 0.3) is 0 Å². The van der Waals surface area contributed by atoms with E-state index in [1.165, 1.54) is 0 Å². The fourth-order valence-corrected chi connectivity index (χ4v) is 1.40. The van der Waals surface area contributed by atoms with Crippen LogP contribution in [0.4, 0.5) is 0 Å². The van der Waals surface area contributed by atoms with E-state index >= 15 is 0 Å². The summed E-state index contributed by atoms with van der Waals surface area (Å²) in [5.41, 5.74) is 0. The van der Waals surface area contributed by atoms with Crippen LogP contribution in [-0.4, -0.2) is 22.8 Å².